The second kappa shape index (κ2) is 9.57. The Morgan fingerprint density at radius 1 is 1.06 bits per heavy atom. The Hall–Kier alpha value is -3.22. The van der Waals surface area contributed by atoms with Crippen LogP contribution in [0.25, 0.3) is 0 Å². The van der Waals surface area contributed by atoms with Crippen LogP contribution in [-0.4, -0.2) is 61.6 Å². The maximum Gasteiger partial charge on any atom is 0.317 e. The molecule has 2 aromatic rings. The molecule has 0 spiro atoms. The number of hydrogen-bond acceptors (Lipinski definition) is 4. The molecule has 0 aromatic heterocycles. The van der Waals surface area contributed by atoms with Crippen molar-refractivity contribution in [3.8, 4) is 11.5 Å². The van der Waals surface area contributed by atoms with Crippen molar-refractivity contribution in [1.29, 1.82) is 0 Å². The third-order valence-electron chi connectivity index (χ3n) is 7.66. The molecule has 3 atom stereocenters. The van der Waals surface area contributed by atoms with Gasteiger partial charge in [-0.15, -0.1) is 0 Å². The molecule has 0 radical (unpaired) electrons. The normalized spacial score (nSPS) is 23.5. The van der Waals surface area contributed by atoms with E-state index in [0.717, 1.165) is 54.7 Å². The fourth-order valence-corrected chi connectivity index (χ4v) is 6.06. The van der Waals surface area contributed by atoms with E-state index >= 15 is 0 Å². The van der Waals surface area contributed by atoms with Crippen LogP contribution in [0.5, 0.6) is 11.5 Å². The van der Waals surface area contributed by atoms with Crippen molar-refractivity contribution in [2.75, 3.05) is 33.9 Å². The minimum Gasteiger partial charge on any atom is -0.496 e. The zero-order valence-corrected chi connectivity index (χ0v) is 20.0. The van der Waals surface area contributed by atoms with Gasteiger partial charge < -0.3 is 24.6 Å². The molecule has 3 aliphatic heterocycles. The molecular formula is C27H33N3O4. The van der Waals surface area contributed by atoms with E-state index in [1.165, 1.54) is 5.56 Å². The number of carbonyl (C=O) groups is 2. The van der Waals surface area contributed by atoms with Crippen molar-refractivity contribution < 1.29 is 19.1 Å². The van der Waals surface area contributed by atoms with Crippen LogP contribution in [0.1, 0.15) is 42.0 Å². The van der Waals surface area contributed by atoms with Gasteiger partial charge in [-0.1, -0.05) is 30.3 Å². The first-order valence-corrected chi connectivity index (χ1v) is 12.2. The molecule has 34 heavy (non-hydrogen) atoms. The highest BCUT2D eigenvalue weighted by atomic mass is 16.5. The van der Waals surface area contributed by atoms with E-state index in [1.54, 1.807) is 14.2 Å². The molecule has 0 saturated carbocycles. The number of nitrogens with zero attached hydrogens (tertiary/aromatic N) is 2. The second-order valence-corrected chi connectivity index (χ2v) is 9.37. The number of likely N-dealkylation sites (tertiary alicyclic amines) is 1. The van der Waals surface area contributed by atoms with E-state index in [2.05, 4.69) is 17.4 Å². The topological polar surface area (TPSA) is 71.1 Å². The van der Waals surface area contributed by atoms with Gasteiger partial charge >= 0.3 is 6.03 Å². The average Bonchev–Trinajstić information content (AvgIpc) is 2.88. The molecule has 7 nitrogen and oxygen atoms in total. The number of benzene rings is 2. The zero-order valence-electron chi connectivity index (χ0n) is 20.0. The Balaban J connectivity index is 1.37. The van der Waals surface area contributed by atoms with E-state index in [4.69, 9.17) is 9.47 Å². The van der Waals surface area contributed by atoms with Crippen molar-refractivity contribution in [2.45, 2.75) is 44.2 Å². The lowest BCUT2D eigenvalue weighted by Gasteiger charge is -2.51. The molecule has 1 N–H and O–H groups in total. The molecular weight excluding hydrogens is 430 g/mol. The summed E-state index contributed by atoms with van der Waals surface area (Å²) in [6.45, 7) is 1.93. The van der Waals surface area contributed by atoms with Crippen LogP contribution in [0.4, 0.5) is 4.79 Å². The number of methoxy groups -OCH3 is 2. The molecule has 180 valence electrons. The zero-order chi connectivity index (χ0) is 23.7. The quantitative estimate of drug-likeness (QED) is 0.736. The minimum atomic E-state index is -0.136. The summed E-state index contributed by atoms with van der Waals surface area (Å²) < 4.78 is 11.3. The molecule has 2 saturated heterocycles. The van der Waals surface area contributed by atoms with Gasteiger partial charge in [0, 0.05) is 36.8 Å². The van der Waals surface area contributed by atoms with Gasteiger partial charge in [-0.2, -0.15) is 0 Å². The van der Waals surface area contributed by atoms with Crippen molar-refractivity contribution in [3.05, 3.63) is 59.2 Å². The number of fused-ring (bicyclic) bond motifs is 4. The van der Waals surface area contributed by atoms with Gasteiger partial charge in [0.15, 0.2) is 0 Å². The average molecular weight is 464 g/mol. The number of piperidine rings is 2. The number of rotatable bonds is 5. The lowest BCUT2D eigenvalue weighted by atomic mass is 9.75. The molecule has 2 fully saturated rings. The Labute approximate surface area is 201 Å². The third-order valence-corrected chi connectivity index (χ3v) is 7.66. The predicted molar refractivity (Wildman–Crippen MR) is 129 cm³/mol. The molecule has 0 unspecified atom stereocenters. The molecule has 0 bridgehead atoms. The highest BCUT2D eigenvalue weighted by Crippen LogP contribution is 2.48. The highest BCUT2D eigenvalue weighted by molar-refractivity contribution is 5.84. The summed E-state index contributed by atoms with van der Waals surface area (Å²) in [5.74, 6) is 1.65. The summed E-state index contributed by atoms with van der Waals surface area (Å²) in [5.41, 5.74) is 3.35. The summed E-state index contributed by atoms with van der Waals surface area (Å²) in [7, 11) is 3.35. The summed E-state index contributed by atoms with van der Waals surface area (Å²) in [5, 5.41) is 3.10. The number of amides is 3. The van der Waals surface area contributed by atoms with Crippen molar-refractivity contribution in [1.82, 2.24) is 15.1 Å². The van der Waals surface area contributed by atoms with Crippen LogP contribution in [0, 0.1) is 5.92 Å². The van der Waals surface area contributed by atoms with Gasteiger partial charge in [-0.05, 0) is 49.8 Å². The minimum absolute atomic E-state index is 0.0690. The van der Waals surface area contributed by atoms with Crippen LogP contribution in [-0.2, 0) is 17.6 Å². The van der Waals surface area contributed by atoms with Crippen molar-refractivity contribution in [2.24, 2.45) is 5.92 Å². The molecule has 5 rings (SSSR count). The van der Waals surface area contributed by atoms with Gasteiger partial charge in [-0.25, -0.2) is 4.79 Å². The van der Waals surface area contributed by atoms with E-state index in [-0.39, 0.29) is 29.9 Å². The van der Waals surface area contributed by atoms with Crippen LogP contribution in [0.15, 0.2) is 42.5 Å². The van der Waals surface area contributed by atoms with E-state index in [9.17, 15) is 9.59 Å². The van der Waals surface area contributed by atoms with Crippen LogP contribution in [0.3, 0.4) is 0 Å². The van der Waals surface area contributed by atoms with Gasteiger partial charge in [-0.3, -0.25) is 4.79 Å². The maximum absolute atomic E-state index is 13.6. The number of hydrogen-bond donors (Lipinski definition) is 1. The van der Waals surface area contributed by atoms with Crippen LogP contribution < -0.4 is 14.8 Å². The molecule has 2 aromatic carbocycles. The fraction of sp³-hybridized carbons (Fsp3) is 0.481. The fourth-order valence-electron chi connectivity index (χ4n) is 6.06. The van der Waals surface area contributed by atoms with Gasteiger partial charge in [0.2, 0.25) is 5.91 Å². The summed E-state index contributed by atoms with van der Waals surface area (Å²) in [4.78, 5) is 30.8. The first-order chi connectivity index (χ1) is 16.6. The lowest BCUT2D eigenvalue weighted by molar-refractivity contribution is -0.148. The Morgan fingerprint density at radius 2 is 1.82 bits per heavy atom. The number of urea groups is 1. The van der Waals surface area contributed by atoms with Gasteiger partial charge in [0.25, 0.3) is 0 Å². The Kier molecular flexibility index (Phi) is 6.35. The Bertz CT molecular complexity index is 1060. The monoisotopic (exact) mass is 463 g/mol. The Morgan fingerprint density at radius 3 is 2.59 bits per heavy atom. The first kappa shape index (κ1) is 22.6. The van der Waals surface area contributed by atoms with E-state index in [0.29, 0.717) is 19.6 Å². The van der Waals surface area contributed by atoms with Crippen LogP contribution >= 0.6 is 0 Å². The highest BCUT2D eigenvalue weighted by Gasteiger charge is 2.49. The maximum atomic E-state index is 13.6. The van der Waals surface area contributed by atoms with Gasteiger partial charge in [0.1, 0.15) is 11.5 Å². The summed E-state index contributed by atoms with van der Waals surface area (Å²) in [6.07, 6.45) is 3.94. The lowest BCUT2D eigenvalue weighted by Crippen LogP contribution is -2.61. The largest absolute Gasteiger partial charge is 0.496 e. The number of nitrogens with one attached hydrogen (secondary N) is 1. The van der Waals surface area contributed by atoms with Crippen molar-refractivity contribution >= 4 is 11.9 Å². The first-order valence-electron chi connectivity index (χ1n) is 12.2. The summed E-state index contributed by atoms with van der Waals surface area (Å²) >= 11 is 0. The molecule has 3 amide bonds. The van der Waals surface area contributed by atoms with E-state index < -0.39 is 0 Å². The standard InChI is InChI=1S/C27H33N3O4/c1-33-23-10-11-24(34-2)25-20(23)13-16-29-22(25)17-21-19(26(29)31)9-6-15-30(21)27(32)28-14-12-18-7-4-3-5-8-18/h3-5,7-8,10-11,19,21-22H,6,9,12-17H2,1-2H3,(H,28,32)/t19-,21-,22-/m1/s1. The molecule has 7 heteroatoms. The smallest absolute Gasteiger partial charge is 0.317 e. The second-order valence-electron chi connectivity index (χ2n) is 9.37. The number of ether oxygens (including phenoxy) is 2. The molecule has 3 heterocycles. The summed E-state index contributed by atoms with van der Waals surface area (Å²) in [6, 6.07) is 13.7. The molecule has 3 aliphatic rings. The SMILES string of the molecule is COc1ccc(OC)c2c1CCN1C(=O)[C@@H]3CCCN(C(=O)NCCc4ccccc4)[C@@H]3C[C@H]21. The number of carbonyl (C=O) groups excluding carboxylic acids is 2. The third kappa shape index (κ3) is 3.97. The predicted octanol–water partition coefficient (Wildman–Crippen LogP) is 3.57. The van der Waals surface area contributed by atoms with Gasteiger partial charge in [0.05, 0.1) is 26.2 Å². The molecule has 0 aliphatic carbocycles. The van der Waals surface area contributed by atoms with Crippen molar-refractivity contribution in [3.63, 3.8) is 0 Å². The van der Waals surface area contributed by atoms with Crippen LogP contribution in [0.2, 0.25) is 0 Å². The van der Waals surface area contributed by atoms with E-state index in [1.807, 2.05) is 40.1 Å².